The third-order valence-corrected chi connectivity index (χ3v) is 4.91. The number of hydrogen-bond acceptors (Lipinski definition) is 5. The first-order valence-corrected chi connectivity index (χ1v) is 8.13. The number of likely N-dealkylation sites (tertiary alicyclic amines) is 1. The smallest absolute Gasteiger partial charge is 0.255 e. The molecule has 0 N–H and O–H groups in total. The van der Waals surface area contributed by atoms with Gasteiger partial charge in [0, 0.05) is 38.4 Å². The summed E-state index contributed by atoms with van der Waals surface area (Å²) >= 11 is 0. The molecule has 122 valence electrons. The highest BCUT2D eigenvalue weighted by atomic mass is 16.5. The lowest BCUT2D eigenvalue weighted by atomic mass is 10.0. The Kier molecular flexibility index (Phi) is 3.74. The van der Waals surface area contributed by atoms with Crippen molar-refractivity contribution in [2.24, 2.45) is 5.92 Å². The minimum Gasteiger partial charge on any atom is -0.379 e. The number of ether oxygens (including phenoxy) is 1. The van der Waals surface area contributed by atoms with Gasteiger partial charge in [0.2, 0.25) is 0 Å². The van der Waals surface area contributed by atoms with Crippen LogP contribution in [0, 0.1) is 5.92 Å². The molecule has 2 atom stereocenters. The number of rotatable bonds is 2. The maximum Gasteiger partial charge on any atom is 0.255 e. The Morgan fingerprint density at radius 2 is 2.09 bits per heavy atom. The van der Waals surface area contributed by atoms with Crippen molar-refractivity contribution < 1.29 is 9.53 Å². The van der Waals surface area contributed by atoms with E-state index in [1.165, 1.54) is 0 Å². The van der Waals surface area contributed by atoms with Crippen LogP contribution < -0.4 is 0 Å². The second-order valence-corrected chi connectivity index (χ2v) is 6.42. The lowest BCUT2D eigenvalue weighted by Crippen LogP contribution is -2.47. The maximum absolute atomic E-state index is 12.8. The Labute approximate surface area is 134 Å². The molecule has 0 radical (unpaired) electrons. The van der Waals surface area contributed by atoms with Gasteiger partial charge in [0.15, 0.2) is 5.65 Å². The first kappa shape index (κ1) is 14.6. The lowest BCUT2D eigenvalue weighted by molar-refractivity contribution is 0.0119. The first-order valence-electron chi connectivity index (χ1n) is 8.13. The van der Waals surface area contributed by atoms with E-state index >= 15 is 0 Å². The van der Waals surface area contributed by atoms with E-state index in [4.69, 9.17) is 4.74 Å². The molecule has 0 unspecified atom stereocenters. The molecule has 1 amide bonds. The highest BCUT2D eigenvalue weighted by Gasteiger charge is 2.36. The van der Waals surface area contributed by atoms with Crippen molar-refractivity contribution >= 4 is 11.6 Å². The lowest BCUT2D eigenvalue weighted by Gasteiger charge is -2.33. The van der Waals surface area contributed by atoms with Gasteiger partial charge in [-0.15, -0.1) is 10.2 Å². The number of pyridine rings is 1. The van der Waals surface area contributed by atoms with Crippen molar-refractivity contribution in [2.45, 2.75) is 13.0 Å². The minimum atomic E-state index is 0.0863. The van der Waals surface area contributed by atoms with Crippen LogP contribution in [0.25, 0.3) is 5.65 Å². The number of fused-ring (bicyclic) bond motifs is 1. The zero-order chi connectivity index (χ0) is 15.8. The number of amides is 1. The van der Waals surface area contributed by atoms with Crippen LogP contribution in [0.2, 0.25) is 0 Å². The molecule has 4 rings (SSSR count). The molecule has 23 heavy (non-hydrogen) atoms. The van der Waals surface area contributed by atoms with Crippen LogP contribution in [0.1, 0.15) is 17.3 Å². The summed E-state index contributed by atoms with van der Waals surface area (Å²) in [6, 6.07) is 4.10. The number of aromatic nitrogens is 3. The monoisotopic (exact) mass is 315 g/mol. The molecule has 7 nitrogen and oxygen atoms in total. The standard InChI is InChI=1S/C16H21N5O2/c1-12-8-20(10-14(12)19-4-6-23-7-5-19)16(22)13-2-3-15-18-17-11-21(15)9-13/h2-3,9,11-12,14H,4-8,10H2,1H3/t12-,14+/m1/s1. The molecule has 2 aromatic heterocycles. The van der Waals surface area contributed by atoms with E-state index in [0.29, 0.717) is 17.5 Å². The van der Waals surface area contributed by atoms with Gasteiger partial charge in [-0.25, -0.2) is 0 Å². The average Bonchev–Trinajstić information content (AvgIpc) is 3.20. The molecule has 2 fully saturated rings. The fourth-order valence-electron chi connectivity index (χ4n) is 3.64. The highest BCUT2D eigenvalue weighted by molar-refractivity contribution is 5.94. The topological polar surface area (TPSA) is 63.0 Å². The second kappa shape index (κ2) is 5.90. The van der Waals surface area contributed by atoms with E-state index in [-0.39, 0.29) is 5.91 Å². The van der Waals surface area contributed by atoms with E-state index < -0.39 is 0 Å². The Bertz CT molecular complexity index is 709. The molecule has 0 bridgehead atoms. The number of carbonyl (C=O) groups excluding carboxylic acids is 1. The number of morpholine rings is 1. The maximum atomic E-state index is 12.8. The van der Waals surface area contributed by atoms with E-state index in [1.807, 2.05) is 23.2 Å². The van der Waals surface area contributed by atoms with E-state index in [2.05, 4.69) is 22.0 Å². The normalized spacial score (nSPS) is 26.0. The number of hydrogen-bond donors (Lipinski definition) is 0. The molecule has 2 aliphatic heterocycles. The largest absolute Gasteiger partial charge is 0.379 e. The van der Waals surface area contributed by atoms with Gasteiger partial charge in [0.1, 0.15) is 6.33 Å². The van der Waals surface area contributed by atoms with Gasteiger partial charge < -0.3 is 9.64 Å². The molecule has 2 aromatic rings. The van der Waals surface area contributed by atoms with Gasteiger partial charge in [-0.1, -0.05) is 6.92 Å². The fourth-order valence-corrected chi connectivity index (χ4v) is 3.64. The molecule has 0 aliphatic carbocycles. The van der Waals surface area contributed by atoms with Gasteiger partial charge in [-0.3, -0.25) is 14.1 Å². The van der Waals surface area contributed by atoms with Crippen LogP contribution in [-0.4, -0.2) is 75.7 Å². The van der Waals surface area contributed by atoms with Crippen molar-refractivity contribution in [3.8, 4) is 0 Å². The van der Waals surface area contributed by atoms with Crippen molar-refractivity contribution in [1.82, 2.24) is 24.4 Å². The van der Waals surface area contributed by atoms with Gasteiger partial charge in [0.25, 0.3) is 5.91 Å². The first-order chi connectivity index (χ1) is 11.2. The summed E-state index contributed by atoms with van der Waals surface area (Å²) in [6.45, 7) is 7.34. The molecule has 0 saturated carbocycles. The second-order valence-electron chi connectivity index (χ2n) is 6.42. The molecule has 0 spiro atoms. The van der Waals surface area contributed by atoms with Crippen molar-refractivity contribution in [1.29, 1.82) is 0 Å². The third-order valence-electron chi connectivity index (χ3n) is 4.91. The van der Waals surface area contributed by atoms with Gasteiger partial charge in [-0.2, -0.15) is 0 Å². The zero-order valence-electron chi connectivity index (χ0n) is 13.3. The summed E-state index contributed by atoms with van der Waals surface area (Å²) in [4.78, 5) is 17.2. The highest BCUT2D eigenvalue weighted by Crippen LogP contribution is 2.24. The van der Waals surface area contributed by atoms with Gasteiger partial charge >= 0.3 is 0 Å². The van der Waals surface area contributed by atoms with Crippen LogP contribution in [-0.2, 0) is 4.74 Å². The third kappa shape index (κ3) is 2.70. The van der Waals surface area contributed by atoms with Gasteiger partial charge in [0.05, 0.1) is 18.8 Å². The Balaban J connectivity index is 1.50. The van der Waals surface area contributed by atoms with E-state index in [9.17, 15) is 4.79 Å². The van der Waals surface area contributed by atoms with Crippen LogP contribution in [0.5, 0.6) is 0 Å². The van der Waals surface area contributed by atoms with E-state index in [1.54, 1.807) is 10.7 Å². The van der Waals surface area contributed by atoms with Gasteiger partial charge in [-0.05, 0) is 18.1 Å². The van der Waals surface area contributed by atoms with Crippen LogP contribution in [0.4, 0.5) is 0 Å². The summed E-state index contributed by atoms with van der Waals surface area (Å²) in [5, 5.41) is 7.83. The molecular formula is C16H21N5O2. The quantitative estimate of drug-likeness (QED) is 0.808. The minimum absolute atomic E-state index is 0.0863. The summed E-state index contributed by atoms with van der Waals surface area (Å²) in [7, 11) is 0. The van der Waals surface area contributed by atoms with Crippen molar-refractivity contribution in [3.05, 3.63) is 30.2 Å². The zero-order valence-corrected chi connectivity index (χ0v) is 13.3. The van der Waals surface area contributed by atoms with Crippen LogP contribution >= 0.6 is 0 Å². The summed E-state index contributed by atoms with van der Waals surface area (Å²) in [5.74, 6) is 0.568. The Morgan fingerprint density at radius 1 is 1.26 bits per heavy atom. The Morgan fingerprint density at radius 3 is 2.91 bits per heavy atom. The summed E-state index contributed by atoms with van der Waals surface area (Å²) in [5.41, 5.74) is 1.44. The number of carbonyl (C=O) groups is 1. The molecule has 2 aliphatic rings. The Hall–Kier alpha value is -1.99. The molecular weight excluding hydrogens is 294 g/mol. The summed E-state index contributed by atoms with van der Waals surface area (Å²) < 4.78 is 7.22. The molecule has 4 heterocycles. The predicted octanol–water partition coefficient (Wildman–Crippen LogP) is 0.522. The SMILES string of the molecule is C[C@@H]1CN(C(=O)c2ccc3nncn3c2)C[C@@H]1N1CCOCC1. The predicted molar refractivity (Wildman–Crippen MR) is 84.2 cm³/mol. The number of nitrogens with zero attached hydrogens (tertiary/aromatic N) is 5. The molecule has 0 aromatic carbocycles. The summed E-state index contributed by atoms with van der Waals surface area (Å²) in [6.07, 6.45) is 3.43. The molecule has 7 heteroatoms. The van der Waals surface area contributed by atoms with Crippen LogP contribution in [0.3, 0.4) is 0 Å². The molecule has 2 saturated heterocycles. The van der Waals surface area contributed by atoms with Crippen LogP contribution in [0.15, 0.2) is 24.7 Å². The van der Waals surface area contributed by atoms with Crippen molar-refractivity contribution in [2.75, 3.05) is 39.4 Å². The fraction of sp³-hybridized carbons (Fsp3) is 0.562. The van der Waals surface area contributed by atoms with Crippen molar-refractivity contribution in [3.63, 3.8) is 0 Å². The van der Waals surface area contributed by atoms with E-state index in [0.717, 1.165) is 45.0 Å². The average molecular weight is 315 g/mol.